The molecule has 1 amide bonds. The minimum atomic E-state index is 0.165. The summed E-state index contributed by atoms with van der Waals surface area (Å²) in [5.41, 5.74) is 0. The summed E-state index contributed by atoms with van der Waals surface area (Å²) < 4.78 is 5.57. The fourth-order valence-electron chi connectivity index (χ4n) is 3.55. The quantitative estimate of drug-likeness (QED) is 0.788. The van der Waals surface area contributed by atoms with Crippen molar-refractivity contribution >= 4 is 5.91 Å². The maximum Gasteiger partial charge on any atom is 0.220 e. The highest BCUT2D eigenvalue weighted by molar-refractivity contribution is 5.76. The van der Waals surface area contributed by atoms with Crippen LogP contribution in [-0.2, 0) is 4.79 Å². The minimum Gasteiger partial charge on any atom is -0.492 e. The van der Waals surface area contributed by atoms with Crippen molar-refractivity contribution in [3.8, 4) is 5.75 Å². The van der Waals surface area contributed by atoms with Crippen molar-refractivity contribution in [1.82, 2.24) is 10.6 Å². The second kappa shape index (κ2) is 6.94. The van der Waals surface area contributed by atoms with Crippen molar-refractivity contribution in [2.24, 2.45) is 5.92 Å². The Morgan fingerprint density at radius 3 is 2.62 bits per heavy atom. The van der Waals surface area contributed by atoms with E-state index in [0.29, 0.717) is 37.6 Å². The maximum atomic E-state index is 12.0. The fraction of sp³-hybridized carbons (Fsp3) is 0.588. The van der Waals surface area contributed by atoms with E-state index in [1.165, 1.54) is 12.8 Å². The highest BCUT2D eigenvalue weighted by Gasteiger charge is 2.33. The number of rotatable bonds is 6. The summed E-state index contributed by atoms with van der Waals surface area (Å²) in [7, 11) is 0. The van der Waals surface area contributed by atoms with Gasteiger partial charge in [0, 0.05) is 18.5 Å². The molecule has 4 heteroatoms. The van der Waals surface area contributed by atoms with Crippen LogP contribution >= 0.6 is 0 Å². The average molecular weight is 288 g/mol. The Balaban J connectivity index is 1.31. The van der Waals surface area contributed by atoms with Crippen LogP contribution in [0.2, 0.25) is 0 Å². The van der Waals surface area contributed by atoms with Crippen molar-refractivity contribution in [2.45, 2.75) is 44.2 Å². The van der Waals surface area contributed by atoms with Gasteiger partial charge in [-0.15, -0.1) is 0 Å². The number of fused-ring (bicyclic) bond motifs is 2. The van der Waals surface area contributed by atoms with Crippen LogP contribution in [0.3, 0.4) is 0 Å². The third-order valence-corrected chi connectivity index (χ3v) is 4.48. The first-order valence-electron chi connectivity index (χ1n) is 8.00. The van der Waals surface area contributed by atoms with Crippen LogP contribution in [-0.4, -0.2) is 31.1 Å². The summed E-state index contributed by atoms with van der Waals surface area (Å²) in [6.45, 7) is 1.10. The van der Waals surface area contributed by atoms with Gasteiger partial charge in [-0.2, -0.15) is 0 Å². The number of carbonyl (C=O) groups excluding carboxylic acids is 1. The Labute approximate surface area is 126 Å². The predicted molar refractivity (Wildman–Crippen MR) is 82.2 cm³/mol. The van der Waals surface area contributed by atoms with Gasteiger partial charge < -0.3 is 15.4 Å². The Bertz CT molecular complexity index is 451. The maximum absolute atomic E-state index is 12.0. The molecule has 1 aromatic carbocycles. The van der Waals surface area contributed by atoms with Crippen molar-refractivity contribution in [3.63, 3.8) is 0 Å². The molecule has 2 aliphatic rings. The van der Waals surface area contributed by atoms with Crippen molar-refractivity contribution < 1.29 is 9.53 Å². The van der Waals surface area contributed by atoms with E-state index in [-0.39, 0.29) is 5.91 Å². The lowest BCUT2D eigenvalue weighted by Gasteiger charge is -2.28. The van der Waals surface area contributed by atoms with Crippen molar-refractivity contribution in [1.29, 1.82) is 0 Å². The zero-order chi connectivity index (χ0) is 14.5. The number of benzene rings is 1. The van der Waals surface area contributed by atoms with Gasteiger partial charge in [0.2, 0.25) is 5.91 Å². The molecule has 2 aliphatic heterocycles. The number of para-hydroxylation sites is 1. The van der Waals surface area contributed by atoms with Gasteiger partial charge in [0.25, 0.3) is 0 Å². The predicted octanol–water partition coefficient (Wildman–Crippen LogP) is 2.10. The first-order chi connectivity index (χ1) is 10.3. The Morgan fingerprint density at radius 1 is 1.19 bits per heavy atom. The first kappa shape index (κ1) is 14.4. The van der Waals surface area contributed by atoms with Gasteiger partial charge in [-0.3, -0.25) is 4.79 Å². The largest absolute Gasteiger partial charge is 0.492 e. The van der Waals surface area contributed by atoms with Crippen LogP contribution in [0.4, 0.5) is 0 Å². The molecule has 2 saturated heterocycles. The molecule has 2 bridgehead atoms. The number of hydrogen-bond donors (Lipinski definition) is 2. The van der Waals surface area contributed by atoms with E-state index >= 15 is 0 Å². The topological polar surface area (TPSA) is 50.4 Å². The van der Waals surface area contributed by atoms with E-state index in [2.05, 4.69) is 10.6 Å². The number of carbonyl (C=O) groups is 1. The van der Waals surface area contributed by atoms with Crippen LogP contribution in [0.15, 0.2) is 30.3 Å². The van der Waals surface area contributed by atoms with Gasteiger partial charge in [-0.05, 0) is 43.7 Å². The second-order valence-corrected chi connectivity index (χ2v) is 6.19. The number of nitrogens with one attached hydrogen (secondary N) is 2. The molecule has 2 atom stereocenters. The number of amides is 1. The first-order valence-corrected chi connectivity index (χ1v) is 8.00. The lowest BCUT2D eigenvalue weighted by atomic mass is 9.89. The molecule has 4 nitrogen and oxygen atoms in total. The highest BCUT2D eigenvalue weighted by atomic mass is 16.5. The van der Waals surface area contributed by atoms with Crippen LogP contribution in [0.1, 0.15) is 32.1 Å². The van der Waals surface area contributed by atoms with Gasteiger partial charge in [0.1, 0.15) is 12.4 Å². The number of ether oxygens (including phenoxy) is 1. The van der Waals surface area contributed by atoms with Crippen LogP contribution in [0.5, 0.6) is 5.75 Å². The third kappa shape index (κ3) is 4.21. The molecule has 0 radical (unpaired) electrons. The van der Waals surface area contributed by atoms with Crippen LogP contribution in [0, 0.1) is 5.92 Å². The van der Waals surface area contributed by atoms with E-state index in [4.69, 9.17) is 4.74 Å². The standard InChI is InChI=1S/C17H24N2O2/c20-17(12-13-10-14-6-7-15(11-13)19-14)18-8-9-21-16-4-2-1-3-5-16/h1-5,13-15,19H,6-12H2,(H,18,20). The monoisotopic (exact) mass is 288 g/mol. The summed E-state index contributed by atoms with van der Waals surface area (Å²) in [5.74, 6) is 1.57. The Hall–Kier alpha value is -1.55. The summed E-state index contributed by atoms with van der Waals surface area (Å²) >= 11 is 0. The lowest BCUT2D eigenvalue weighted by Crippen LogP contribution is -2.40. The van der Waals surface area contributed by atoms with E-state index < -0.39 is 0 Å². The molecular formula is C17H24N2O2. The summed E-state index contributed by atoms with van der Waals surface area (Å²) in [5, 5.41) is 6.58. The smallest absolute Gasteiger partial charge is 0.220 e. The van der Waals surface area contributed by atoms with Crippen molar-refractivity contribution in [3.05, 3.63) is 30.3 Å². The van der Waals surface area contributed by atoms with Gasteiger partial charge >= 0.3 is 0 Å². The van der Waals surface area contributed by atoms with E-state index in [1.807, 2.05) is 30.3 Å². The molecule has 2 heterocycles. The highest BCUT2D eigenvalue weighted by Crippen LogP contribution is 2.32. The zero-order valence-corrected chi connectivity index (χ0v) is 12.4. The molecule has 21 heavy (non-hydrogen) atoms. The van der Waals surface area contributed by atoms with E-state index in [0.717, 1.165) is 18.6 Å². The molecule has 0 spiro atoms. The molecule has 0 aliphatic carbocycles. The SMILES string of the molecule is O=C(CC1CC2CCC(C1)N2)NCCOc1ccccc1. The van der Waals surface area contributed by atoms with Gasteiger partial charge in [0.05, 0.1) is 6.54 Å². The minimum absolute atomic E-state index is 0.165. The number of piperidine rings is 1. The second-order valence-electron chi connectivity index (χ2n) is 6.19. The third-order valence-electron chi connectivity index (χ3n) is 4.48. The molecule has 3 rings (SSSR count). The molecule has 2 unspecified atom stereocenters. The average Bonchev–Trinajstić information content (AvgIpc) is 2.84. The van der Waals surface area contributed by atoms with E-state index in [9.17, 15) is 4.79 Å². The van der Waals surface area contributed by atoms with Gasteiger partial charge in [-0.1, -0.05) is 18.2 Å². The van der Waals surface area contributed by atoms with Crippen LogP contribution < -0.4 is 15.4 Å². The summed E-state index contributed by atoms with van der Waals surface area (Å²) in [6, 6.07) is 11.0. The molecule has 114 valence electrons. The molecule has 1 aromatic rings. The summed E-state index contributed by atoms with van der Waals surface area (Å²) in [4.78, 5) is 12.0. The zero-order valence-electron chi connectivity index (χ0n) is 12.4. The van der Waals surface area contributed by atoms with Gasteiger partial charge in [-0.25, -0.2) is 0 Å². The van der Waals surface area contributed by atoms with Gasteiger partial charge in [0.15, 0.2) is 0 Å². The molecule has 0 saturated carbocycles. The molecule has 2 N–H and O–H groups in total. The Morgan fingerprint density at radius 2 is 1.90 bits per heavy atom. The fourth-order valence-corrected chi connectivity index (χ4v) is 3.55. The van der Waals surface area contributed by atoms with E-state index in [1.54, 1.807) is 0 Å². The normalized spacial score (nSPS) is 27.3. The molecule has 2 fully saturated rings. The van der Waals surface area contributed by atoms with Crippen LogP contribution in [0.25, 0.3) is 0 Å². The molecule has 0 aromatic heterocycles. The lowest BCUT2D eigenvalue weighted by molar-refractivity contribution is -0.122. The summed E-state index contributed by atoms with van der Waals surface area (Å²) in [6.07, 6.45) is 5.55. The van der Waals surface area contributed by atoms with Crippen molar-refractivity contribution in [2.75, 3.05) is 13.2 Å². The number of hydrogen-bond acceptors (Lipinski definition) is 3. The molecular weight excluding hydrogens is 264 g/mol. The Kier molecular flexibility index (Phi) is 4.76.